The van der Waals surface area contributed by atoms with Crippen molar-refractivity contribution in [1.29, 1.82) is 0 Å². The van der Waals surface area contributed by atoms with Crippen LogP contribution in [0.1, 0.15) is 27.9 Å². The van der Waals surface area contributed by atoms with Crippen LogP contribution in [0.4, 0.5) is 5.69 Å². The number of rotatable bonds is 3. The third-order valence-corrected chi connectivity index (χ3v) is 4.66. The van der Waals surface area contributed by atoms with Crippen molar-refractivity contribution in [2.45, 2.75) is 26.3 Å². The van der Waals surface area contributed by atoms with E-state index < -0.39 is 6.04 Å². The van der Waals surface area contributed by atoms with E-state index in [2.05, 4.69) is 11.4 Å². The van der Waals surface area contributed by atoms with Crippen LogP contribution in [0.5, 0.6) is 11.5 Å². The van der Waals surface area contributed by atoms with E-state index in [1.165, 1.54) is 0 Å². The van der Waals surface area contributed by atoms with Gasteiger partial charge in [0.15, 0.2) is 11.5 Å². The molecule has 0 aromatic heterocycles. The molecule has 2 aromatic rings. The van der Waals surface area contributed by atoms with Gasteiger partial charge in [0.25, 0.3) is 5.91 Å². The van der Waals surface area contributed by atoms with E-state index in [-0.39, 0.29) is 18.6 Å². The predicted octanol–water partition coefficient (Wildman–Crippen LogP) is 2.57. The number of benzene rings is 2. The van der Waals surface area contributed by atoms with E-state index in [0.29, 0.717) is 30.0 Å². The predicted molar refractivity (Wildman–Crippen MR) is 96.7 cm³/mol. The van der Waals surface area contributed by atoms with Crippen LogP contribution in [0.2, 0.25) is 0 Å². The third-order valence-electron chi connectivity index (χ3n) is 4.66. The van der Waals surface area contributed by atoms with Crippen LogP contribution < -0.4 is 19.7 Å². The largest absolute Gasteiger partial charge is 0.454 e. The summed E-state index contributed by atoms with van der Waals surface area (Å²) in [6.45, 7) is 4.77. The molecule has 6 nitrogen and oxygen atoms in total. The summed E-state index contributed by atoms with van der Waals surface area (Å²) in [5.74, 6) is 0.805. The van der Waals surface area contributed by atoms with Crippen LogP contribution in [0, 0.1) is 13.8 Å². The summed E-state index contributed by atoms with van der Waals surface area (Å²) in [5.41, 5.74) is 3.56. The van der Waals surface area contributed by atoms with Crippen molar-refractivity contribution in [3.63, 3.8) is 0 Å². The van der Waals surface area contributed by atoms with Gasteiger partial charge < -0.3 is 19.7 Å². The van der Waals surface area contributed by atoms with Crippen LogP contribution in [0.3, 0.4) is 0 Å². The molecule has 2 amide bonds. The van der Waals surface area contributed by atoms with Gasteiger partial charge in [-0.15, -0.1) is 0 Å². The van der Waals surface area contributed by atoms with Gasteiger partial charge in [-0.3, -0.25) is 9.59 Å². The minimum Gasteiger partial charge on any atom is -0.454 e. The van der Waals surface area contributed by atoms with Gasteiger partial charge in [0.2, 0.25) is 12.7 Å². The lowest BCUT2D eigenvalue weighted by Gasteiger charge is -2.18. The number of ether oxygens (including phenoxy) is 2. The van der Waals surface area contributed by atoms with Crippen LogP contribution in [-0.4, -0.2) is 31.2 Å². The fourth-order valence-corrected chi connectivity index (χ4v) is 3.46. The maximum absolute atomic E-state index is 12.7. The maximum atomic E-state index is 12.7. The third kappa shape index (κ3) is 2.98. The first-order chi connectivity index (χ1) is 12.5. The van der Waals surface area contributed by atoms with Gasteiger partial charge in [0.05, 0.1) is 0 Å². The summed E-state index contributed by atoms with van der Waals surface area (Å²) >= 11 is 0. The second-order valence-electron chi connectivity index (χ2n) is 6.72. The van der Waals surface area contributed by atoms with Crippen molar-refractivity contribution in [2.24, 2.45) is 0 Å². The topological polar surface area (TPSA) is 67.9 Å². The van der Waals surface area contributed by atoms with Crippen molar-refractivity contribution < 1.29 is 19.1 Å². The number of carbonyl (C=O) groups excluding carboxylic acids is 2. The van der Waals surface area contributed by atoms with E-state index in [4.69, 9.17) is 9.47 Å². The minimum absolute atomic E-state index is 0.0795. The van der Waals surface area contributed by atoms with E-state index in [0.717, 1.165) is 16.8 Å². The highest BCUT2D eigenvalue weighted by Gasteiger charge is 2.34. The van der Waals surface area contributed by atoms with Crippen LogP contribution in [0.15, 0.2) is 36.4 Å². The van der Waals surface area contributed by atoms with E-state index in [1.807, 2.05) is 26.0 Å². The summed E-state index contributed by atoms with van der Waals surface area (Å²) in [7, 11) is 0. The molecule has 134 valence electrons. The molecule has 1 saturated heterocycles. The molecule has 26 heavy (non-hydrogen) atoms. The maximum Gasteiger partial charge on any atom is 0.252 e. The molecule has 6 heteroatoms. The average molecular weight is 352 g/mol. The number of nitrogens with one attached hydrogen (secondary N) is 1. The van der Waals surface area contributed by atoms with E-state index >= 15 is 0 Å². The van der Waals surface area contributed by atoms with Gasteiger partial charge in [-0.25, -0.2) is 0 Å². The summed E-state index contributed by atoms with van der Waals surface area (Å²) in [4.78, 5) is 27.0. The van der Waals surface area contributed by atoms with Crippen molar-refractivity contribution in [2.75, 3.05) is 18.2 Å². The van der Waals surface area contributed by atoms with Crippen LogP contribution in [0.25, 0.3) is 0 Å². The Morgan fingerprint density at radius 1 is 1.08 bits per heavy atom. The fraction of sp³-hybridized carbons (Fsp3) is 0.300. The molecule has 2 heterocycles. The first kappa shape index (κ1) is 16.4. The molecule has 1 N–H and O–H groups in total. The van der Waals surface area contributed by atoms with E-state index in [9.17, 15) is 9.59 Å². The molecule has 0 aliphatic carbocycles. The van der Waals surface area contributed by atoms with Gasteiger partial charge >= 0.3 is 0 Å². The highest BCUT2D eigenvalue weighted by Crippen LogP contribution is 2.32. The molecule has 4 rings (SSSR count). The van der Waals surface area contributed by atoms with Crippen molar-refractivity contribution >= 4 is 17.5 Å². The second kappa shape index (κ2) is 6.37. The molecule has 2 aliphatic heterocycles. The van der Waals surface area contributed by atoms with Crippen molar-refractivity contribution in [3.05, 3.63) is 53.1 Å². The second-order valence-corrected chi connectivity index (χ2v) is 6.72. The average Bonchev–Trinajstić information content (AvgIpc) is 3.20. The number of nitrogens with zero attached hydrogens (tertiary/aromatic N) is 1. The molecule has 1 unspecified atom stereocenters. The summed E-state index contributed by atoms with van der Waals surface area (Å²) in [6.07, 6.45) is 0.585. The molecule has 0 bridgehead atoms. The number of hydrogen-bond acceptors (Lipinski definition) is 4. The molecule has 0 spiro atoms. The zero-order valence-electron chi connectivity index (χ0n) is 14.7. The Bertz CT molecular complexity index is 873. The molecule has 0 saturated carbocycles. The molecular formula is C20H20N2O4. The smallest absolute Gasteiger partial charge is 0.252 e. The zero-order valence-corrected chi connectivity index (χ0v) is 14.7. The Labute approximate surface area is 151 Å². The Balaban J connectivity index is 1.47. The quantitative estimate of drug-likeness (QED) is 0.922. The highest BCUT2D eigenvalue weighted by atomic mass is 16.7. The number of aryl methyl sites for hydroxylation is 2. The number of amides is 2. The molecule has 0 radical (unpaired) electrons. The molecular weight excluding hydrogens is 332 g/mol. The standard InChI is InChI=1S/C20H20N2O4/c1-12-7-13(2)9-15(8-12)22-6-5-16(20(22)24)21-19(23)14-3-4-17-18(10-14)26-11-25-17/h3-4,7-10,16H,5-6,11H2,1-2H3,(H,21,23). The highest BCUT2D eigenvalue weighted by molar-refractivity contribution is 6.04. The SMILES string of the molecule is Cc1cc(C)cc(N2CCC(NC(=O)c3ccc4c(c3)OCO4)C2=O)c1. The Morgan fingerprint density at radius 3 is 2.58 bits per heavy atom. The van der Waals surface area contributed by atoms with Crippen molar-refractivity contribution in [1.82, 2.24) is 5.32 Å². The van der Waals surface area contributed by atoms with Gasteiger partial charge in [-0.2, -0.15) is 0 Å². The Hall–Kier alpha value is -3.02. The lowest BCUT2D eigenvalue weighted by molar-refractivity contribution is -0.118. The Morgan fingerprint density at radius 2 is 1.81 bits per heavy atom. The number of fused-ring (bicyclic) bond motifs is 1. The van der Waals surface area contributed by atoms with Gasteiger partial charge in [-0.1, -0.05) is 6.07 Å². The van der Waals surface area contributed by atoms with Gasteiger partial charge in [-0.05, 0) is 61.7 Å². The lowest BCUT2D eigenvalue weighted by Crippen LogP contribution is -2.41. The molecule has 2 aliphatic rings. The molecule has 2 aromatic carbocycles. The summed E-state index contributed by atoms with van der Waals surface area (Å²) in [5, 5.41) is 2.84. The fourth-order valence-electron chi connectivity index (χ4n) is 3.46. The number of anilines is 1. The zero-order chi connectivity index (χ0) is 18.3. The normalized spacial score (nSPS) is 18.3. The first-order valence-electron chi connectivity index (χ1n) is 8.61. The van der Waals surface area contributed by atoms with Gasteiger partial charge in [0.1, 0.15) is 6.04 Å². The van der Waals surface area contributed by atoms with Crippen molar-refractivity contribution in [3.8, 4) is 11.5 Å². The van der Waals surface area contributed by atoms with E-state index in [1.54, 1.807) is 23.1 Å². The minimum atomic E-state index is -0.520. The number of carbonyl (C=O) groups is 2. The summed E-state index contributed by atoms with van der Waals surface area (Å²) < 4.78 is 10.6. The van der Waals surface area contributed by atoms with Crippen LogP contribution >= 0.6 is 0 Å². The Kier molecular flexibility index (Phi) is 4.03. The summed E-state index contributed by atoms with van der Waals surface area (Å²) in [6, 6.07) is 10.6. The molecule has 1 atom stereocenters. The monoisotopic (exact) mass is 352 g/mol. The lowest BCUT2D eigenvalue weighted by atomic mass is 10.1. The van der Waals surface area contributed by atoms with Crippen LogP contribution in [-0.2, 0) is 4.79 Å². The van der Waals surface area contributed by atoms with Gasteiger partial charge in [0, 0.05) is 17.8 Å². The number of hydrogen-bond donors (Lipinski definition) is 1. The first-order valence-corrected chi connectivity index (χ1v) is 8.61. The molecule has 1 fully saturated rings.